The second-order valence-electron chi connectivity index (χ2n) is 3.29. The largest absolute Gasteiger partial charge is 0.383 e. The predicted molar refractivity (Wildman–Crippen MR) is 59.8 cm³/mol. The standard InChI is InChI=1S/C10H16N4O/c1-2-3-4-5-12-10-13-6-8(7-15)9(11)14-10/h6-7H,2-5H2,1H3,(H3,11,12,13,14). The Balaban J connectivity index is 2.48. The van der Waals surface area contributed by atoms with Crippen molar-refractivity contribution in [2.24, 2.45) is 0 Å². The topological polar surface area (TPSA) is 80.9 Å². The van der Waals surface area contributed by atoms with Crippen LogP contribution in [0.15, 0.2) is 6.20 Å². The van der Waals surface area contributed by atoms with Gasteiger partial charge < -0.3 is 11.1 Å². The lowest BCUT2D eigenvalue weighted by Crippen LogP contribution is -2.08. The third-order valence-electron chi connectivity index (χ3n) is 2.04. The van der Waals surface area contributed by atoms with Crippen molar-refractivity contribution in [3.63, 3.8) is 0 Å². The molecule has 0 aliphatic rings. The molecule has 1 aromatic rings. The highest BCUT2D eigenvalue weighted by atomic mass is 16.1. The first-order valence-corrected chi connectivity index (χ1v) is 5.09. The van der Waals surface area contributed by atoms with E-state index in [4.69, 9.17) is 5.73 Å². The van der Waals surface area contributed by atoms with E-state index in [0.29, 0.717) is 17.8 Å². The number of rotatable bonds is 6. The summed E-state index contributed by atoms with van der Waals surface area (Å²) in [5.74, 6) is 0.701. The second-order valence-corrected chi connectivity index (χ2v) is 3.29. The Labute approximate surface area is 89.1 Å². The number of aldehydes is 1. The highest BCUT2D eigenvalue weighted by Gasteiger charge is 2.01. The molecule has 1 heterocycles. The van der Waals surface area contributed by atoms with Gasteiger partial charge in [0.1, 0.15) is 5.82 Å². The second kappa shape index (κ2) is 5.95. The summed E-state index contributed by atoms with van der Waals surface area (Å²) in [6, 6.07) is 0. The van der Waals surface area contributed by atoms with Gasteiger partial charge in [0.15, 0.2) is 6.29 Å². The molecule has 5 nitrogen and oxygen atoms in total. The number of nitrogens with two attached hydrogens (primary N) is 1. The molecule has 0 saturated carbocycles. The molecular weight excluding hydrogens is 192 g/mol. The molecular formula is C10H16N4O. The number of nitrogens with one attached hydrogen (secondary N) is 1. The van der Waals surface area contributed by atoms with Crippen molar-refractivity contribution < 1.29 is 4.79 Å². The summed E-state index contributed by atoms with van der Waals surface area (Å²) in [4.78, 5) is 18.4. The molecule has 15 heavy (non-hydrogen) atoms. The van der Waals surface area contributed by atoms with E-state index in [9.17, 15) is 4.79 Å². The number of unbranched alkanes of at least 4 members (excludes halogenated alkanes) is 2. The highest BCUT2D eigenvalue weighted by Crippen LogP contribution is 2.07. The molecule has 0 fully saturated rings. The normalized spacial score (nSPS) is 9.93. The van der Waals surface area contributed by atoms with Crippen molar-refractivity contribution in [2.45, 2.75) is 26.2 Å². The minimum atomic E-state index is 0.220. The predicted octanol–water partition coefficient (Wildman–Crippen LogP) is 1.47. The maximum absolute atomic E-state index is 10.5. The fourth-order valence-corrected chi connectivity index (χ4v) is 1.16. The number of nitrogen functional groups attached to an aromatic ring is 1. The van der Waals surface area contributed by atoms with Gasteiger partial charge in [0.25, 0.3) is 0 Å². The van der Waals surface area contributed by atoms with Crippen LogP contribution in [0.1, 0.15) is 36.5 Å². The summed E-state index contributed by atoms with van der Waals surface area (Å²) in [5.41, 5.74) is 5.87. The van der Waals surface area contributed by atoms with Crippen LogP contribution < -0.4 is 11.1 Å². The molecule has 0 radical (unpaired) electrons. The number of hydrogen-bond donors (Lipinski definition) is 2. The Morgan fingerprint density at radius 3 is 2.93 bits per heavy atom. The summed E-state index contributed by atoms with van der Waals surface area (Å²) in [7, 11) is 0. The van der Waals surface area contributed by atoms with Gasteiger partial charge in [0.05, 0.1) is 5.56 Å². The first kappa shape index (κ1) is 11.4. The van der Waals surface area contributed by atoms with Crippen LogP contribution in [0.2, 0.25) is 0 Å². The molecule has 0 spiro atoms. The minimum absolute atomic E-state index is 0.220. The van der Waals surface area contributed by atoms with Gasteiger partial charge in [-0.25, -0.2) is 4.98 Å². The number of carbonyl (C=O) groups excluding carboxylic acids is 1. The fraction of sp³-hybridized carbons (Fsp3) is 0.500. The van der Waals surface area contributed by atoms with Gasteiger partial charge in [-0.1, -0.05) is 19.8 Å². The monoisotopic (exact) mass is 208 g/mol. The van der Waals surface area contributed by atoms with Crippen LogP contribution in [-0.2, 0) is 0 Å². The molecule has 0 saturated heterocycles. The minimum Gasteiger partial charge on any atom is -0.383 e. The quantitative estimate of drug-likeness (QED) is 0.546. The van der Waals surface area contributed by atoms with Crippen LogP contribution in [-0.4, -0.2) is 22.8 Å². The van der Waals surface area contributed by atoms with Crippen molar-refractivity contribution in [1.82, 2.24) is 9.97 Å². The Kier molecular flexibility index (Phi) is 4.53. The van der Waals surface area contributed by atoms with Gasteiger partial charge in [-0.05, 0) is 6.42 Å². The molecule has 0 amide bonds. The zero-order chi connectivity index (χ0) is 11.1. The van der Waals surface area contributed by atoms with Gasteiger partial charge in [0, 0.05) is 12.7 Å². The van der Waals surface area contributed by atoms with Crippen LogP contribution in [0, 0.1) is 0 Å². The van der Waals surface area contributed by atoms with Gasteiger partial charge >= 0.3 is 0 Å². The van der Waals surface area contributed by atoms with E-state index < -0.39 is 0 Å². The van der Waals surface area contributed by atoms with Crippen molar-refractivity contribution >= 4 is 18.1 Å². The Morgan fingerprint density at radius 2 is 2.33 bits per heavy atom. The molecule has 0 aliphatic heterocycles. The van der Waals surface area contributed by atoms with Gasteiger partial charge in [-0.2, -0.15) is 4.98 Å². The SMILES string of the molecule is CCCCCNc1ncc(C=O)c(N)n1. The van der Waals surface area contributed by atoms with Crippen LogP contribution in [0.25, 0.3) is 0 Å². The lowest BCUT2D eigenvalue weighted by atomic mass is 10.2. The van der Waals surface area contributed by atoms with Crippen molar-refractivity contribution in [1.29, 1.82) is 0 Å². The molecule has 3 N–H and O–H groups in total. The highest BCUT2D eigenvalue weighted by molar-refractivity contribution is 5.81. The first-order chi connectivity index (χ1) is 7.27. The Bertz CT molecular complexity index is 327. The summed E-state index contributed by atoms with van der Waals surface area (Å²) in [6.07, 6.45) is 5.51. The summed E-state index contributed by atoms with van der Waals surface area (Å²) in [5, 5.41) is 3.05. The van der Waals surface area contributed by atoms with Crippen molar-refractivity contribution in [3.8, 4) is 0 Å². The van der Waals surface area contributed by atoms with E-state index in [-0.39, 0.29) is 5.82 Å². The Hall–Kier alpha value is -1.65. The van der Waals surface area contributed by atoms with E-state index in [0.717, 1.165) is 13.0 Å². The van der Waals surface area contributed by atoms with Crippen LogP contribution >= 0.6 is 0 Å². The summed E-state index contributed by atoms with van der Waals surface area (Å²) < 4.78 is 0. The maximum Gasteiger partial charge on any atom is 0.224 e. The molecule has 0 atom stereocenters. The smallest absolute Gasteiger partial charge is 0.224 e. The number of anilines is 2. The van der Waals surface area contributed by atoms with Crippen molar-refractivity contribution in [3.05, 3.63) is 11.8 Å². The van der Waals surface area contributed by atoms with Gasteiger partial charge in [-0.3, -0.25) is 4.79 Å². The van der Waals surface area contributed by atoms with E-state index in [1.807, 2.05) is 0 Å². The average Bonchev–Trinajstić information content (AvgIpc) is 2.25. The molecule has 1 aromatic heterocycles. The molecule has 82 valence electrons. The molecule has 0 aliphatic carbocycles. The number of aromatic nitrogens is 2. The molecule has 0 bridgehead atoms. The third-order valence-corrected chi connectivity index (χ3v) is 2.04. The van der Waals surface area contributed by atoms with E-state index >= 15 is 0 Å². The van der Waals surface area contributed by atoms with E-state index in [1.165, 1.54) is 19.0 Å². The number of hydrogen-bond acceptors (Lipinski definition) is 5. The lowest BCUT2D eigenvalue weighted by Gasteiger charge is -2.05. The van der Waals surface area contributed by atoms with Crippen LogP contribution in [0.5, 0.6) is 0 Å². The first-order valence-electron chi connectivity index (χ1n) is 5.09. The number of nitrogens with zero attached hydrogens (tertiary/aromatic N) is 2. The average molecular weight is 208 g/mol. The zero-order valence-electron chi connectivity index (χ0n) is 8.86. The van der Waals surface area contributed by atoms with Crippen molar-refractivity contribution in [2.75, 3.05) is 17.6 Å². The van der Waals surface area contributed by atoms with E-state index in [2.05, 4.69) is 22.2 Å². The summed E-state index contributed by atoms with van der Waals surface area (Å²) in [6.45, 7) is 2.97. The zero-order valence-corrected chi connectivity index (χ0v) is 8.86. The lowest BCUT2D eigenvalue weighted by molar-refractivity contribution is 0.112. The van der Waals surface area contributed by atoms with Gasteiger partial charge in [-0.15, -0.1) is 0 Å². The van der Waals surface area contributed by atoms with Gasteiger partial charge in [0.2, 0.25) is 5.95 Å². The summed E-state index contributed by atoms with van der Waals surface area (Å²) >= 11 is 0. The Morgan fingerprint density at radius 1 is 1.53 bits per heavy atom. The molecule has 5 heteroatoms. The van der Waals surface area contributed by atoms with Crippen LogP contribution in [0.4, 0.5) is 11.8 Å². The third kappa shape index (κ3) is 3.53. The molecule has 0 aromatic carbocycles. The maximum atomic E-state index is 10.5. The number of carbonyl (C=O) groups is 1. The van der Waals surface area contributed by atoms with E-state index in [1.54, 1.807) is 0 Å². The van der Waals surface area contributed by atoms with Crippen LogP contribution in [0.3, 0.4) is 0 Å². The molecule has 1 rings (SSSR count). The molecule has 0 unspecified atom stereocenters. The fourth-order valence-electron chi connectivity index (χ4n) is 1.16.